The van der Waals surface area contributed by atoms with Crippen LogP contribution in [0.25, 0.3) is 0 Å². The molecule has 4 heteroatoms. The largest absolute Gasteiger partial charge is 0.309 e. The van der Waals surface area contributed by atoms with Crippen LogP contribution in [-0.2, 0) is 0 Å². The molecule has 2 rings (SSSR count). The van der Waals surface area contributed by atoms with E-state index in [0.717, 1.165) is 11.6 Å². The van der Waals surface area contributed by atoms with Gasteiger partial charge in [0, 0.05) is 6.07 Å². The van der Waals surface area contributed by atoms with Crippen LogP contribution >= 0.6 is 0 Å². The SMILES string of the molecule is CNC(c1cc(F)cc(F)c1)c1cc(C)c(F)c(C)c1. The summed E-state index contributed by atoms with van der Waals surface area (Å²) in [6, 6.07) is 6.37. The zero-order valence-electron chi connectivity index (χ0n) is 11.6. The number of aryl methyl sites for hydroxylation is 2. The standard InChI is InChI=1S/C16H16F3N/c1-9-4-11(5-10(2)15(9)19)16(20-3)12-6-13(17)8-14(18)7-12/h4-8,16,20H,1-3H3. The van der Waals surface area contributed by atoms with Gasteiger partial charge < -0.3 is 5.32 Å². The summed E-state index contributed by atoms with van der Waals surface area (Å²) in [5.41, 5.74) is 2.26. The zero-order valence-corrected chi connectivity index (χ0v) is 11.6. The second-order valence-electron chi connectivity index (χ2n) is 4.89. The number of hydrogen-bond acceptors (Lipinski definition) is 1. The molecule has 0 fully saturated rings. The van der Waals surface area contributed by atoms with Crippen molar-refractivity contribution in [1.29, 1.82) is 0 Å². The van der Waals surface area contributed by atoms with Crippen molar-refractivity contribution in [1.82, 2.24) is 5.32 Å². The molecule has 1 N–H and O–H groups in total. The molecule has 0 aliphatic carbocycles. The lowest BCUT2D eigenvalue weighted by atomic mass is 9.95. The minimum absolute atomic E-state index is 0.256. The van der Waals surface area contributed by atoms with Gasteiger partial charge in [-0.1, -0.05) is 12.1 Å². The first-order valence-corrected chi connectivity index (χ1v) is 6.32. The number of nitrogens with one attached hydrogen (secondary N) is 1. The van der Waals surface area contributed by atoms with Crippen LogP contribution in [0.1, 0.15) is 28.3 Å². The Labute approximate surface area is 116 Å². The van der Waals surface area contributed by atoms with Crippen LogP contribution in [0.5, 0.6) is 0 Å². The van der Waals surface area contributed by atoms with E-state index in [9.17, 15) is 13.2 Å². The van der Waals surface area contributed by atoms with Crippen LogP contribution in [0.4, 0.5) is 13.2 Å². The molecule has 106 valence electrons. The van der Waals surface area contributed by atoms with E-state index in [1.165, 1.54) is 12.1 Å². The van der Waals surface area contributed by atoms with Crippen molar-refractivity contribution < 1.29 is 13.2 Å². The van der Waals surface area contributed by atoms with Crippen molar-refractivity contribution in [2.45, 2.75) is 19.9 Å². The topological polar surface area (TPSA) is 12.0 Å². The summed E-state index contributed by atoms with van der Waals surface area (Å²) in [4.78, 5) is 0. The second-order valence-corrected chi connectivity index (χ2v) is 4.89. The number of halogens is 3. The molecule has 2 aromatic carbocycles. The van der Waals surface area contributed by atoms with Crippen molar-refractivity contribution in [3.05, 3.63) is 70.0 Å². The van der Waals surface area contributed by atoms with Crippen LogP contribution in [-0.4, -0.2) is 7.05 Å². The first-order chi connectivity index (χ1) is 9.42. The van der Waals surface area contributed by atoms with E-state index in [2.05, 4.69) is 5.32 Å². The van der Waals surface area contributed by atoms with E-state index < -0.39 is 17.7 Å². The van der Waals surface area contributed by atoms with Gasteiger partial charge >= 0.3 is 0 Å². The highest BCUT2D eigenvalue weighted by Crippen LogP contribution is 2.26. The van der Waals surface area contributed by atoms with Crippen LogP contribution in [0.3, 0.4) is 0 Å². The van der Waals surface area contributed by atoms with Crippen molar-refractivity contribution in [2.24, 2.45) is 0 Å². The lowest BCUT2D eigenvalue weighted by Crippen LogP contribution is -2.18. The Morgan fingerprint density at radius 1 is 0.800 bits per heavy atom. The van der Waals surface area contributed by atoms with E-state index in [0.29, 0.717) is 16.7 Å². The molecule has 0 heterocycles. The number of rotatable bonds is 3. The highest BCUT2D eigenvalue weighted by Gasteiger charge is 2.16. The third-order valence-corrected chi connectivity index (χ3v) is 3.30. The van der Waals surface area contributed by atoms with Gasteiger partial charge in [-0.2, -0.15) is 0 Å². The molecule has 2 aromatic rings. The Morgan fingerprint density at radius 2 is 1.25 bits per heavy atom. The zero-order chi connectivity index (χ0) is 14.9. The molecule has 0 aliphatic rings. The quantitative estimate of drug-likeness (QED) is 0.894. The molecule has 0 spiro atoms. The normalized spacial score (nSPS) is 12.5. The Hall–Kier alpha value is -1.81. The average Bonchev–Trinajstić information content (AvgIpc) is 2.35. The molecule has 0 amide bonds. The fraction of sp³-hybridized carbons (Fsp3) is 0.250. The fourth-order valence-corrected chi connectivity index (χ4v) is 2.41. The van der Waals surface area contributed by atoms with E-state index in [4.69, 9.17) is 0 Å². The lowest BCUT2D eigenvalue weighted by molar-refractivity contribution is 0.570. The summed E-state index contributed by atoms with van der Waals surface area (Å²) < 4.78 is 40.3. The van der Waals surface area contributed by atoms with Gasteiger partial charge in [0.1, 0.15) is 17.5 Å². The molecule has 20 heavy (non-hydrogen) atoms. The third-order valence-electron chi connectivity index (χ3n) is 3.30. The number of benzene rings is 2. The van der Waals surface area contributed by atoms with E-state index >= 15 is 0 Å². The molecule has 1 atom stereocenters. The van der Waals surface area contributed by atoms with Gasteiger partial charge in [-0.15, -0.1) is 0 Å². The molecule has 1 unspecified atom stereocenters. The van der Waals surface area contributed by atoms with Gasteiger partial charge in [0.05, 0.1) is 6.04 Å². The molecule has 0 saturated heterocycles. The van der Waals surface area contributed by atoms with Gasteiger partial charge in [-0.05, 0) is 55.3 Å². The van der Waals surface area contributed by atoms with Crippen LogP contribution < -0.4 is 5.32 Å². The van der Waals surface area contributed by atoms with Crippen LogP contribution in [0.2, 0.25) is 0 Å². The maximum absolute atomic E-state index is 13.7. The summed E-state index contributed by atoms with van der Waals surface area (Å²) in [5.74, 6) is -1.51. The first-order valence-electron chi connectivity index (χ1n) is 6.32. The summed E-state index contributed by atoms with van der Waals surface area (Å²) in [6.07, 6.45) is 0. The van der Waals surface area contributed by atoms with Gasteiger partial charge in [0.2, 0.25) is 0 Å². The van der Waals surface area contributed by atoms with Gasteiger partial charge in [-0.3, -0.25) is 0 Å². The van der Waals surface area contributed by atoms with Crippen molar-refractivity contribution in [3.63, 3.8) is 0 Å². The molecule has 0 saturated carbocycles. The summed E-state index contributed by atoms with van der Waals surface area (Å²) >= 11 is 0. The molecular weight excluding hydrogens is 263 g/mol. The molecule has 0 radical (unpaired) electrons. The summed E-state index contributed by atoms with van der Waals surface area (Å²) in [6.45, 7) is 3.34. The Balaban J connectivity index is 2.52. The summed E-state index contributed by atoms with van der Waals surface area (Å²) in [5, 5.41) is 3.01. The smallest absolute Gasteiger partial charge is 0.129 e. The Kier molecular flexibility index (Phi) is 4.14. The Bertz CT molecular complexity index is 594. The lowest BCUT2D eigenvalue weighted by Gasteiger charge is -2.19. The van der Waals surface area contributed by atoms with Crippen molar-refractivity contribution >= 4 is 0 Å². The predicted molar refractivity (Wildman–Crippen MR) is 73.1 cm³/mol. The molecule has 0 aliphatic heterocycles. The molecule has 1 nitrogen and oxygen atoms in total. The van der Waals surface area contributed by atoms with Gasteiger partial charge in [0.25, 0.3) is 0 Å². The van der Waals surface area contributed by atoms with E-state index in [1.54, 1.807) is 33.0 Å². The monoisotopic (exact) mass is 279 g/mol. The first kappa shape index (κ1) is 14.6. The van der Waals surface area contributed by atoms with Crippen molar-refractivity contribution in [3.8, 4) is 0 Å². The fourth-order valence-electron chi connectivity index (χ4n) is 2.41. The van der Waals surface area contributed by atoms with Gasteiger partial charge in [-0.25, -0.2) is 13.2 Å². The maximum atomic E-state index is 13.7. The van der Waals surface area contributed by atoms with E-state index in [1.807, 2.05) is 0 Å². The van der Waals surface area contributed by atoms with E-state index in [-0.39, 0.29) is 5.82 Å². The third kappa shape index (κ3) is 2.85. The van der Waals surface area contributed by atoms with Crippen LogP contribution in [0, 0.1) is 31.3 Å². The predicted octanol–water partition coefficient (Wildman–Crippen LogP) is 4.03. The molecule has 0 aromatic heterocycles. The minimum atomic E-state index is -0.629. The van der Waals surface area contributed by atoms with Crippen LogP contribution in [0.15, 0.2) is 30.3 Å². The highest BCUT2D eigenvalue weighted by atomic mass is 19.1. The number of hydrogen-bond donors (Lipinski definition) is 1. The molecular formula is C16H16F3N. The molecule has 0 bridgehead atoms. The average molecular weight is 279 g/mol. The second kappa shape index (κ2) is 5.67. The van der Waals surface area contributed by atoms with Crippen molar-refractivity contribution in [2.75, 3.05) is 7.05 Å². The highest BCUT2D eigenvalue weighted by molar-refractivity contribution is 5.38. The van der Waals surface area contributed by atoms with Gasteiger partial charge in [0.15, 0.2) is 0 Å². The summed E-state index contributed by atoms with van der Waals surface area (Å²) in [7, 11) is 1.70. The maximum Gasteiger partial charge on any atom is 0.129 e. The Morgan fingerprint density at radius 3 is 1.70 bits per heavy atom. The minimum Gasteiger partial charge on any atom is -0.309 e.